The van der Waals surface area contributed by atoms with Crippen LogP contribution in [0.2, 0.25) is 0 Å². The number of methoxy groups -OCH3 is 2. The number of ether oxygens (including phenoxy) is 2. The van der Waals surface area contributed by atoms with Gasteiger partial charge in [0.2, 0.25) is 5.91 Å². The molecular weight excluding hydrogens is 405 g/mol. The number of hydrogen-bond acceptors (Lipinski definition) is 5. The Morgan fingerprint density at radius 1 is 1.13 bits per heavy atom. The van der Waals surface area contributed by atoms with Gasteiger partial charge in [-0.1, -0.05) is 0 Å². The lowest BCUT2D eigenvalue weighted by atomic mass is 10.1. The number of halogens is 1. The first-order valence-electron chi connectivity index (χ1n) is 9.68. The number of carbonyl (C=O) groups is 3. The zero-order valence-corrected chi connectivity index (χ0v) is 17.7. The zero-order valence-electron chi connectivity index (χ0n) is 17.7. The number of carbonyl (C=O) groups excluding carboxylic acids is 3. The summed E-state index contributed by atoms with van der Waals surface area (Å²) in [6.45, 7) is 2.89. The minimum absolute atomic E-state index is 0.379. The van der Waals surface area contributed by atoms with Gasteiger partial charge in [0, 0.05) is 11.3 Å². The number of imide groups is 1. The first kappa shape index (κ1) is 22.1. The molecule has 0 bridgehead atoms. The van der Waals surface area contributed by atoms with E-state index in [9.17, 15) is 18.8 Å². The maximum absolute atomic E-state index is 13.2. The van der Waals surface area contributed by atoms with E-state index >= 15 is 0 Å². The van der Waals surface area contributed by atoms with Crippen molar-refractivity contribution in [3.63, 3.8) is 0 Å². The monoisotopic (exact) mass is 429 g/mol. The topological polar surface area (TPSA) is 88.2 Å². The molecule has 2 atom stereocenters. The van der Waals surface area contributed by atoms with Crippen LogP contribution < -0.4 is 19.7 Å². The predicted octanol–water partition coefficient (Wildman–Crippen LogP) is 2.88. The smallest absolute Gasteiger partial charge is 0.332 e. The third kappa shape index (κ3) is 4.45. The van der Waals surface area contributed by atoms with E-state index in [0.717, 1.165) is 4.90 Å². The number of rotatable bonds is 7. The Bertz CT molecular complexity index is 995. The number of anilines is 1. The van der Waals surface area contributed by atoms with Gasteiger partial charge in [-0.3, -0.25) is 19.4 Å². The van der Waals surface area contributed by atoms with Crippen LogP contribution in [0.15, 0.2) is 42.5 Å². The summed E-state index contributed by atoms with van der Waals surface area (Å²) in [5.74, 6) is -0.292. The highest BCUT2D eigenvalue weighted by molar-refractivity contribution is 6.15. The van der Waals surface area contributed by atoms with E-state index in [1.54, 1.807) is 32.0 Å². The summed E-state index contributed by atoms with van der Waals surface area (Å²) >= 11 is 0. The van der Waals surface area contributed by atoms with Crippen LogP contribution in [0.25, 0.3) is 0 Å². The lowest BCUT2D eigenvalue weighted by Gasteiger charge is -2.21. The molecule has 1 aliphatic rings. The molecule has 31 heavy (non-hydrogen) atoms. The van der Waals surface area contributed by atoms with E-state index in [0.29, 0.717) is 22.7 Å². The highest BCUT2D eigenvalue weighted by Crippen LogP contribution is 2.29. The van der Waals surface area contributed by atoms with E-state index in [1.165, 1.54) is 43.4 Å². The fourth-order valence-corrected chi connectivity index (χ4v) is 3.49. The van der Waals surface area contributed by atoms with Gasteiger partial charge in [-0.05, 0) is 56.3 Å². The van der Waals surface area contributed by atoms with Crippen LogP contribution in [-0.2, 0) is 9.59 Å². The van der Waals surface area contributed by atoms with Crippen LogP contribution in [0.5, 0.6) is 11.5 Å². The summed E-state index contributed by atoms with van der Waals surface area (Å²) in [5, 5.41) is 2.78. The Labute approximate surface area is 179 Å². The third-order valence-electron chi connectivity index (χ3n) is 5.14. The molecule has 1 aliphatic heterocycles. The molecule has 3 rings (SSSR count). The molecular formula is C22H24FN3O5. The Kier molecular flexibility index (Phi) is 6.43. The van der Waals surface area contributed by atoms with Gasteiger partial charge in [-0.2, -0.15) is 0 Å². The van der Waals surface area contributed by atoms with Gasteiger partial charge in [0.1, 0.15) is 29.9 Å². The van der Waals surface area contributed by atoms with Gasteiger partial charge in [0.05, 0.1) is 20.3 Å². The first-order chi connectivity index (χ1) is 14.8. The van der Waals surface area contributed by atoms with Gasteiger partial charge in [0.25, 0.3) is 5.91 Å². The molecule has 1 N–H and O–H groups in total. The second-order valence-corrected chi connectivity index (χ2v) is 7.13. The van der Waals surface area contributed by atoms with Crippen molar-refractivity contribution in [1.82, 2.24) is 10.2 Å². The highest BCUT2D eigenvalue weighted by Gasteiger charge is 2.44. The molecule has 2 aromatic carbocycles. The number of amides is 4. The Hall–Kier alpha value is -3.62. The van der Waals surface area contributed by atoms with Crippen LogP contribution in [0.1, 0.15) is 25.5 Å². The molecule has 4 amide bonds. The third-order valence-corrected chi connectivity index (χ3v) is 5.14. The minimum atomic E-state index is -0.804. The van der Waals surface area contributed by atoms with Crippen molar-refractivity contribution in [1.29, 1.82) is 0 Å². The van der Waals surface area contributed by atoms with E-state index in [2.05, 4.69) is 5.32 Å². The Morgan fingerprint density at radius 3 is 2.42 bits per heavy atom. The molecule has 2 unspecified atom stereocenters. The Morgan fingerprint density at radius 2 is 1.81 bits per heavy atom. The van der Waals surface area contributed by atoms with Crippen molar-refractivity contribution in [3.8, 4) is 11.5 Å². The molecule has 1 fully saturated rings. The second kappa shape index (κ2) is 9.03. The summed E-state index contributed by atoms with van der Waals surface area (Å²) in [7, 11) is 3.06. The van der Waals surface area contributed by atoms with Crippen molar-refractivity contribution >= 4 is 23.5 Å². The lowest BCUT2D eigenvalue weighted by Crippen LogP contribution is -2.42. The summed E-state index contributed by atoms with van der Waals surface area (Å²) in [6.07, 6.45) is 0. The van der Waals surface area contributed by atoms with Crippen molar-refractivity contribution in [2.75, 3.05) is 25.7 Å². The molecule has 164 valence electrons. The molecule has 0 aromatic heterocycles. The number of nitrogens with one attached hydrogen (secondary N) is 1. The van der Waals surface area contributed by atoms with Crippen LogP contribution in [0, 0.1) is 5.82 Å². The van der Waals surface area contributed by atoms with E-state index in [4.69, 9.17) is 9.47 Å². The van der Waals surface area contributed by atoms with Crippen LogP contribution in [-0.4, -0.2) is 49.6 Å². The SMILES string of the molecule is COc1ccc(OC)c(C(C)NC(=O)CN2C(=O)C(C)N(c3ccc(F)cc3)C2=O)c1. The Balaban J connectivity index is 1.72. The molecule has 1 saturated heterocycles. The maximum Gasteiger partial charge on any atom is 0.332 e. The molecule has 0 aliphatic carbocycles. The van der Waals surface area contributed by atoms with Crippen molar-refractivity contribution < 1.29 is 28.2 Å². The van der Waals surface area contributed by atoms with Crippen molar-refractivity contribution in [2.24, 2.45) is 0 Å². The summed E-state index contributed by atoms with van der Waals surface area (Å²) in [4.78, 5) is 40.2. The summed E-state index contributed by atoms with van der Waals surface area (Å²) < 4.78 is 23.8. The molecule has 9 heteroatoms. The van der Waals surface area contributed by atoms with Gasteiger partial charge in [0.15, 0.2) is 0 Å². The quantitative estimate of drug-likeness (QED) is 0.684. The van der Waals surface area contributed by atoms with Crippen molar-refractivity contribution in [2.45, 2.75) is 25.9 Å². The van der Waals surface area contributed by atoms with E-state index < -0.39 is 42.3 Å². The second-order valence-electron chi connectivity index (χ2n) is 7.13. The van der Waals surface area contributed by atoms with Crippen LogP contribution >= 0.6 is 0 Å². The molecule has 2 aromatic rings. The summed E-state index contributed by atoms with van der Waals surface area (Å²) in [6, 6.07) is 8.56. The normalized spacial score (nSPS) is 17.0. The highest BCUT2D eigenvalue weighted by atomic mass is 19.1. The first-order valence-corrected chi connectivity index (χ1v) is 9.68. The van der Waals surface area contributed by atoms with Gasteiger partial charge in [-0.25, -0.2) is 9.18 Å². The van der Waals surface area contributed by atoms with E-state index in [1.807, 2.05) is 0 Å². The fourth-order valence-electron chi connectivity index (χ4n) is 3.49. The number of hydrogen-bond donors (Lipinski definition) is 1. The lowest BCUT2D eigenvalue weighted by molar-refractivity contribution is -0.132. The van der Waals surface area contributed by atoms with Crippen LogP contribution in [0.4, 0.5) is 14.9 Å². The van der Waals surface area contributed by atoms with Crippen LogP contribution in [0.3, 0.4) is 0 Å². The predicted molar refractivity (Wildman–Crippen MR) is 112 cm³/mol. The standard InChI is InChI=1S/C22H24FN3O5/c1-13(18-11-17(30-3)9-10-19(18)31-4)24-20(27)12-25-21(28)14(2)26(22(25)29)16-7-5-15(23)6-8-16/h5-11,13-14H,12H2,1-4H3,(H,24,27). The molecule has 0 saturated carbocycles. The van der Waals surface area contributed by atoms with Gasteiger partial charge >= 0.3 is 6.03 Å². The molecule has 0 radical (unpaired) electrons. The largest absolute Gasteiger partial charge is 0.497 e. The molecule has 8 nitrogen and oxygen atoms in total. The average molecular weight is 429 g/mol. The fraction of sp³-hybridized carbons (Fsp3) is 0.318. The van der Waals surface area contributed by atoms with Gasteiger partial charge < -0.3 is 14.8 Å². The summed E-state index contributed by atoms with van der Waals surface area (Å²) in [5.41, 5.74) is 1.07. The van der Waals surface area contributed by atoms with Crippen molar-refractivity contribution in [3.05, 3.63) is 53.8 Å². The van der Waals surface area contributed by atoms with E-state index in [-0.39, 0.29) is 0 Å². The minimum Gasteiger partial charge on any atom is -0.497 e. The molecule has 1 heterocycles. The molecule has 0 spiro atoms. The van der Waals surface area contributed by atoms with Gasteiger partial charge in [-0.15, -0.1) is 0 Å². The number of urea groups is 1. The maximum atomic E-state index is 13.2. The zero-order chi connectivity index (χ0) is 22.7. The number of benzene rings is 2. The number of nitrogens with zero attached hydrogens (tertiary/aromatic N) is 2. The average Bonchev–Trinajstić information content (AvgIpc) is 2.97.